The number of sulfonamides is 1. The third-order valence-electron chi connectivity index (χ3n) is 3.27. The molecule has 0 aliphatic carbocycles. The van der Waals surface area contributed by atoms with Crippen LogP contribution in [0.4, 0.5) is 5.69 Å². The molecule has 0 unspecified atom stereocenters. The molecule has 0 fully saturated rings. The van der Waals surface area contributed by atoms with E-state index in [9.17, 15) is 13.5 Å². The topological polar surface area (TPSA) is 101 Å². The predicted octanol–water partition coefficient (Wildman–Crippen LogP) is 3.08. The van der Waals surface area contributed by atoms with E-state index in [0.29, 0.717) is 17.3 Å². The molecule has 0 bridgehead atoms. The van der Waals surface area contributed by atoms with E-state index < -0.39 is 10.0 Å². The first-order valence-electron chi connectivity index (χ1n) is 7.30. The first-order valence-corrected chi connectivity index (χ1v) is 8.79. The van der Waals surface area contributed by atoms with Gasteiger partial charge in [-0.1, -0.05) is 6.07 Å². The number of aryl methyl sites for hydroxylation is 1. The molecule has 2 N–H and O–H groups in total. The van der Waals surface area contributed by atoms with Crippen LogP contribution in [-0.2, 0) is 10.0 Å². The summed E-state index contributed by atoms with van der Waals surface area (Å²) in [7, 11) is -3.90. The van der Waals surface area contributed by atoms with E-state index in [1.165, 1.54) is 30.7 Å². The first kappa shape index (κ1) is 16.7. The average Bonchev–Trinajstić information content (AvgIpc) is 2.59. The Morgan fingerprint density at radius 2 is 1.84 bits per heavy atom. The second-order valence-corrected chi connectivity index (χ2v) is 6.90. The normalized spacial score (nSPS) is 11.1. The smallest absolute Gasteiger partial charge is 0.265 e. The van der Waals surface area contributed by atoms with Crippen molar-refractivity contribution < 1.29 is 18.3 Å². The molecular weight excluding hydrogens is 342 g/mol. The monoisotopic (exact) mass is 357 g/mol. The molecule has 7 nitrogen and oxygen atoms in total. The van der Waals surface area contributed by atoms with Crippen LogP contribution >= 0.6 is 0 Å². The SMILES string of the molecule is Cc1ccc(O)c(S(=O)(=O)Nc2ccc(Oc3cnccn3)cc2)c1. The number of hydrogen-bond acceptors (Lipinski definition) is 6. The highest BCUT2D eigenvalue weighted by atomic mass is 32.2. The van der Waals surface area contributed by atoms with E-state index in [0.717, 1.165) is 5.56 Å². The standard InChI is InChI=1S/C17H15N3O4S/c1-12-2-7-15(21)16(10-12)25(22,23)20-13-3-5-14(6-4-13)24-17-11-18-8-9-19-17/h2-11,20-21H,1H3. The van der Waals surface area contributed by atoms with Gasteiger partial charge in [-0.2, -0.15) is 0 Å². The second kappa shape index (κ2) is 6.78. The number of ether oxygens (including phenoxy) is 1. The molecule has 3 aromatic rings. The molecule has 0 saturated carbocycles. The number of anilines is 1. The molecule has 0 aliphatic heterocycles. The quantitative estimate of drug-likeness (QED) is 0.728. The third-order valence-corrected chi connectivity index (χ3v) is 4.68. The summed E-state index contributed by atoms with van der Waals surface area (Å²) >= 11 is 0. The minimum absolute atomic E-state index is 0.174. The number of phenols is 1. The lowest BCUT2D eigenvalue weighted by molar-refractivity contribution is 0.458. The molecule has 3 rings (SSSR count). The Balaban J connectivity index is 1.78. The van der Waals surface area contributed by atoms with Crippen molar-refractivity contribution in [3.8, 4) is 17.4 Å². The van der Waals surface area contributed by atoms with Crippen molar-refractivity contribution in [3.63, 3.8) is 0 Å². The van der Waals surface area contributed by atoms with Crippen LogP contribution in [0.25, 0.3) is 0 Å². The zero-order valence-corrected chi connectivity index (χ0v) is 14.1. The van der Waals surface area contributed by atoms with Crippen molar-refractivity contribution in [2.45, 2.75) is 11.8 Å². The Morgan fingerprint density at radius 3 is 2.52 bits per heavy atom. The maximum atomic E-state index is 12.4. The van der Waals surface area contributed by atoms with Gasteiger partial charge in [-0.3, -0.25) is 9.71 Å². The second-order valence-electron chi connectivity index (χ2n) is 5.25. The molecule has 0 radical (unpaired) electrons. The van der Waals surface area contributed by atoms with E-state index in [4.69, 9.17) is 4.74 Å². The number of aromatic nitrogens is 2. The molecule has 0 amide bonds. The summed E-state index contributed by atoms with van der Waals surface area (Å²) in [4.78, 5) is 7.71. The van der Waals surface area contributed by atoms with Crippen LogP contribution in [-0.4, -0.2) is 23.5 Å². The summed E-state index contributed by atoms with van der Waals surface area (Å²) in [5, 5.41) is 9.80. The number of rotatable bonds is 5. The van der Waals surface area contributed by atoms with Gasteiger partial charge in [0.25, 0.3) is 10.0 Å². The summed E-state index contributed by atoms with van der Waals surface area (Å²) in [6.07, 6.45) is 4.51. The van der Waals surface area contributed by atoms with Crippen LogP contribution in [0.1, 0.15) is 5.56 Å². The van der Waals surface area contributed by atoms with Gasteiger partial charge in [-0.15, -0.1) is 0 Å². The number of benzene rings is 2. The van der Waals surface area contributed by atoms with Gasteiger partial charge in [-0.05, 0) is 48.9 Å². The van der Waals surface area contributed by atoms with Crippen LogP contribution in [0.5, 0.6) is 17.4 Å². The Kier molecular flexibility index (Phi) is 4.53. The minimum atomic E-state index is -3.90. The lowest BCUT2D eigenvalue weighted by Crippen LogP contribution is -2.13. The zero-order chi connectivity index (χ0) is 17.9. The summed E-state index contributed by atoms with van der Waals surface area (Å²) in [5.41, 5.74) is 1.07. The van der Waals surface area contributed by atoms with Gasteiger partial charge in [-0.25, -0.2) is 13.4 Å². The highest BCUT2D eigenvalue weighted by molar-refractivity contribution is 7.92. The summed E-state index contributed by atoms with van der Waals surface area (Å²) in [5.74, 6) is 0.517. The minimum Gasteiger partial charge on any atom is -0.507 e. The van der Waals surface area contributed by atoms with E-state index in [1.807, 2.05) is 0 Å². The average molecular weight is 357 g/mol. The van der Waals surface area contributed by atoms with Crippen LogP contribution in [0.2, 0.25) is 0 Å². The van der Waals surface area contributed by atoms with E-state index in [-0.39, 0.29) is 10.6 Å². The van der Waals surface area contributed by atoms with Crippen LogP contribution < -0.4 is 9.46 Å². The number of nitrogens with one attached hydrogen (secondary N) is 1. The molecule has 8 heteroatoms. The van der Waals surface area contributed by atoms with Crippen molar-refractivity contribution in [1.29, 1.82) is 0 Å². The highest BCUT2D eigenvalue weighted by Crippen LogP contribution is 2.27. The van der Waals surface area contributed by atoms with Gasteiger partial charge in [0, 0.05) is 18.1 Å². The van der Waals surface area contributed by atoms with Gasteiger partial charge in [0.2, 0.25) is 5.88 Å². The van der Waals surface area contributed by atoms with Gasteiger partial charge >= 0.3 is 0 Å². The number of nitrogens with zero attached hydrogens (tertiary/aromatic N) is 2. The Hall–Kier alpha value is -3.13. The van der Waals surface area contributed by atoms with E-state index in [2.05, 4.69) is 14.7 Å². The molecule has 2 aromatic carbocycles. The zero-order valence-electron chi connectivity index (χ0n) is 13.2. The van der Waals surface area contributed by atoms with Crippen molar-refractivity contribution in [2.75, 3.05) is 4.72 Å². The van der Waals surface area contributed by atoms with Crippen LogP contribution in [0, 0.1) is 6.92 Å². The molecular formula is C17H15N3O4S. The Morgan fingerprint density at radius 1 is 1.08 bits per heavy atom. The van der Waals surface area contributed by atoms with Gasteiger partial charge in [0.05, 0.1) is 6.20 Å². The van der Waals surface area contributed by atoms with Crippen molar-refractivity contribution in [1.82, 2.24) is 9.97 Å². The molecule has 1 heterocycles. The largest absolute Gasteiger partial charge is 0.507 e. The molecule has 0 atom stereocenters. The maximum absolute atomic E-state index is 12.4. The Labute approximate surface area is 145 Å². The predicted molar refractivity (Wildman–Crippen MR) is 92.2 cm³/mol. The fourth-order valence-electron chi connectivity index (χ4n) is 2.10. The van der Waals surface area contributed by atoms with Gasteiger partial charge < -0.3 is 9.84 Å². The summed E-state index contributed by atoms with van der Waals surface area (Å²) in [6, 6.07) is 10.7. The van der Waals surface area contributed by atoms with Gasteiger partial charge in [0.15, 0.2) is 0 Å². The molecule has 0 spiro atoms. The van der Waals surface area contributed by atoms with E-state index in [1.54, 1.807) is 37.3 Å². The Bertz CT molecular complexity index is 975. The number of aromatic hydroxyl groups is 1. The number of phenolic OH excluding ortho intramolecular Hbond substituents is 1. The number of hydrogen-bond donors (Lipinski definition) is 2. The van der Waals surface area contributed by atoms with Crippen LogP contribution in [0.15, 0.2) is 66.0 Å². The fourth-order valence-corrected chi connectivity index (χ4v) is 3.34. The maximum Gasteiger partial charge on any atom is 0.265 e. The molecule has 25 heavy (non-hydrogen) atoms. The van der Waals surface area contributed by atoms with Crippen LogP contribution in [0.3, 0.4) is 0 Å². The molecule has 128 valence electrons. The van der Waals surface area contributed by atoms with E-state index >= 15 is 0 Å². The third kappa shape index (κ3) is 4.04. The fraction of sp³-hybridized carbons (Fsp3) is 0.0588. The first-order chi connectivity index (χ1) is 11.9. The summed E-state index contributed by atoms with van der Waals surface area (Å²) < 4.78 is 32.8. The van der Waals surface area contributed by atoms with Crippen molar-refractivity contribution >= 4 is 15.7 Å². The summed E-state index contributed by atoms with van der Waals surface area (Å²) in [6.45, 7) is 1.75. The lowest BCUT2D eigenvalue weighted by atomic mass is 10.2. The highest BCUT2D eigenvalue weighted by Gasteiger charge is 2.19. The molecule has 1 aromatic heterocycles. The lowest BCUT2D eigenvalue weighted by Gasteiger charge is -2.11. The van der Waals surface area contributed by atoms with Crippen molar-refractivity contribution in [3.05, 3.63) is 66.6 Å². The van der Waals surface area contributed by atoms with Gasteiger partial charge in [0.1, 0.15) is 16.4 Å². The molecule has 0 aliphatic rings. The molecule has 0 saturated heterocycles. The van der Waals surface area contributed by atoms with Crippen molar-refractivity contribution in [2.24, 2.45) is 0 Å².